The van der Waals surface area contributed by atoms with E-state index in [1.165, 1.54) is 12.1 Å². The van der Waals surface area contributed by atoms with Gasteiger partial charge in [-0.15, -0.1) is 0 Å². The molecule has 1 aliphatic rings. The van der Waals surface area contributed by atoms with Crippen molar-refractivity contribution in [3.05, 3.63) is 38.9 Å². The third-order valence-electron chi connectivity index (χ3n) is 3.32. The number of hydrogen-bond donors (Lipinski definition) is 1. The molecule has 98 valence electrons. The van der Waals surface area contributed by atoms with E-state index in [0.29, 0.717) is 17.1 Å². The molecular weight excluding hydrogens is 256 g/mol. The van der Waals surface area contributed by atoms with Crippen LogP contribution >= 0.6 is 11.6 Å². The van der Waals surface area contributed by atoms with Gasteiger partial charge in [0.25, 0.3) is 5.69 Å². The Bertz CT molecular complexity index is 453. The number of benzene rings is 1. The third kappa shape index (κ3) is 2.80. The fourth-order valence-corrected chi connectivity index (χ4v) is 2.58. The van der Waals surface area contributed by atoms with Crippen molar-refractivity contribution in [2.75, 3.05) is 13.2 Å². The maximum absolute atomic E-state index is 11.0. The van der Waals surface area contributed by atoms with Gasteiger partial charge in [-0.05, 0) is 31.5 Å². The summed E-state index contributed by atoms with van der Waals surface area (Å²) in [5.74, 6) is 0. The molecule has 0 amide bonds. The number of aliphatic hydroxyl groups is 1. The number of hydrogen-bond acceptors (Lipinski definition) is 4. The van der Waals surface area contributed by atoms with Crippen LogP contribution in [-0.4, -0.2) is 34.1 Å². The molecule has 6 heteroatoms. The molecule has 2 rings (SSSR count). The number of nitro benzene ring substituents is 1. The first-order chi connectivity index (χ1) is 8.61. The van der Waals surface area contributed by atoms with E-state index in [2.05, 4.69) is 4.90 Å². The van der Waals surface area contributed by atoms with Gasteiger partial charge in [-0.1, -0.05) is 11.6 Å². The fraction of sp³-hybridized carbons (Fsp3) is 0.500. The first kappa shape index (κ1) is 13.3. The summed E-state index contributed by atoms with van der Waals surface area (Å²) in [6.07, 6.45) is 1.95. The molecule has 0 saturated carbocycles. The van der Waals surface area contributed by atoms with Crippen LogP contribution in [0.2, 0.25) is 5.02 Å². The maximum Gasteiger partial charge on any atom is 0.273 e. The van der Waals surface area contributed by atoms with Crippen LogP contribution in [0.3, 0.4) is 0 Å². The minimum Gasteiger partial charge on any atom is -0.395 e. The zero-order chi connectivity index (χ0) is 13.1. The quantitative estimate of drug-likeness (QED) is 0.673. The molecule has 1 heterocycles. The number of likely N-dealkylation sites (tertiary alicyclic amines) is 1. The van der Waals surface area contributed by atoms with Crippen molar-refractivity contribution >= 4 is 17.3 Å². The molecule has 0 aromatic heterocycles. The van der Waals surface area contributed by atoms with Gasteiger partial charge in [0.05, 0.1) is 11.5 Å². The normalized spacial score (nSPS) is 20.2. The first-order valence-electron chi connectivity index (χ1n) is 5.89. The van der Waals surface area contributed by atoms with Gasteiger partial charge in [-0.2, -0.15) is 0 Å². The molecule has 1 aromatic rings. The molecule has 0 aliphatic carbocycles. The predicted octanol–water partition coefficient (Wildman–Crippen LogP) is 2.20. The van der Waals surface area contributed by atoms with Crippen molar-refractivity contribution in [1.82, 2.24) is 4.90 Å². The summed E-state index contributed by atoms with van der Waals surface area (Å²) in [5.41, 5.74) is 0.691. The van der Waals surface area contributed by atoms with E-state index in [4.69, 9.17) is 11.6 Å². The Balaban J connectivity index is 2.22. The lowest BCUT2D eigenvalue weighted by atomic mass is 10.1. The first-order valence-corrected chi connectivity index (χ1v) is 6.27. The number of nitrogens with zero attached hydrogens (tertiary/aromatic N) is 2. The second kappa shape index (κ2) is 5.65. The van der Waals surface area contributed by atoms with Gasteiger partial charge in [-0.25, -0.2) is 0 Å². The minimum absolute atomic E-state index is 0.0861. The molecular formula is C12H15ClN2O3. The minimum atomic E-state index is -0.393. The Labute approximate surface area is 110 Å². The van der Waals surface area contributed by atoms with E-state index in [0.717, 1.165) is 19.4 Å². The highest BCUT2D eigenvalue weighted by Gasteiger charge is 2.26. The lowest BCUT2D eigenvalue weighted by Crippen LogP contribution is -2.31. The average Bonchev–Trinajstić information content (AvgIpc) is 2.76. The predicted molar refractivity (Wildman–Crippen MR) is 68.6 cm³/mol. The molecule has 0 radical (unpaired) electrons. The van der Waals surface area contributed by atoms with Crippen LogP contribution in [0, 0.1) is 10.1 Å². The van der Waals surface area contributed by atoms with Gasteiger partial charge < -0.3 is 5.11 Å². The molecule has 1 fully saturated rings. The molecule has 1 N–H and O–H groups in total. The number of aliphatic hydroxyl groups excluding tert-OH is 1. The Morgan fingerprint density at radius 1 is 1.56 bits per heavy atom. The van der Waals surface area contributed by atoms with Crippen molar-refractivity contribution in [2.45, 2.75) is 25.4 Å². The molecule has 1 aromatic carbocycles. The van der Waals surface area contributed by atoms with Crippen molar-refractivity contribution in [1.29, 1.82) is 0 Å². The fourth-order valence-electron chi connectivity index (χ4n) is 2.39. The van der Waals surface area contributed by atoms with Gasteiger partial charge in [0, 0.05) is 29.2 Å². The topological polar surface area (TPSA) is 66.6 Å². The van der Waals surface area contributed by atoms with Gasteiger partial charge in [0.2, 0.25) is 0 Å². The highest BCUT2D eigenvalue weighted by atomic mass is 35.5. The molecule has 5 nitrogen and oxygen atoms in total. The Kier molecular flexibility index (Phi) is 4.16. The summed E-state index contributed by atoms with van der Waals surface area (Å²) in [5, 5.41) is 20.7. The zero-order valence-corrected chi connectivity index (χ0v) is 10.6. The molecule has 1 aliphatic heterocycles. The number of halogens is 1. The summed E-state index contributed by atoms with van der Waals surface area (Å²) in [6, 6.07) is 4.69. The smallest absolute Gasteiger partial charge is 0.273 e. The lowest BCUT2D eigenvalue weighted by Gasteiger charge is -2.22. The highest BCUT2D eigenvalue weighted by Crippen LogP contribution is 2.27. The summed E-state index contributed by atoms with van der Waals surface area (Å²) in [4.78, 5) is 12.6. The summed E-state index contributed by atoms with van der Waals surface area (Å²) in [6.45, 7) is 1.41. The van der Waals surface area contributed by atoms with E-state index in [-0.39, 0.29) is 18.3 Å². The van der Waals surface area contributed by atoms with E-state index >= 15 is 0 Å². The monoisotopic (exact) mass is 270 g/mol. The van der Waals surface area contributed by atoms with Crippen LogP contribution < -0.4 is 0 Å². The highest BCUT2D eigenvalue weighted by molar-refractivity contribution is 6.30. The average molecular weight is 271 g/mol. The summed E-state index contributed by atoms with van der Waals surface area (Å²) in [7, 11) is 0. The van der Waals surface area contributed by atoms with Crippen LogP contribution in [-0.2, 0) is 6.54 Å². The largest absolute Gasteiger partial charge is 0.395 e. The Morgan fingerprint density at radius 3 is 3.00 bits per heavy atom. The van der Waals surface area contributed by atoms with Crippen molar-refractivity contribution in [3.63, 3.8) is 0 Å². The Morgan fingerprint density at radius 2 is 2.33 bits per heavy atom. The van der Waals surface area contributed by atoms with Crippen LogP contribution in [0.4, 0.5) is 5.69 Å². The Hall–Kier alpha value is -1.17. The van der Waals surface area contributed by atoms with Gasteiger partial charge in [-0.3, -0.25) is 15.0 Å². The van der Waals surface area contributed by atoms with E-state index in [9.17, 15) is 15.2 Å². The SMILES string of the molecule is O=[N+]([O-])c1ccc(Cl)cc1CN1CCC[C@H]1CO. The van der Waals surface area contributed by atoms with Crippen LogP contribution in [0.25, 0.3) is 0 Å². The number of nitro groups is 1. The van der Waals surface area contributed by atoms with Gasteiger partial charge >= 0.3 is 0 Å². The van der Waals surface area contributed by atoms with E-state index in [1.807, 2.05) is 0 Å². The third-order valence-corrected chi connectivity index (χ3v) is 3.56. The molecule has 1 saturated heterocycles. The van der Waals surface area contributed by atoms with Crippen LogP contribution in [0.15, 0.2) is 18.2 Å². The molecule has 18 heavy (non-hydrogen) atoms. The van der Waals surface area contributed by atoms with E-state index < -0.39 is 4.92 Å². The van der Waals surface area contributed by atoms with E-state index in [1.54, 1.807) is 6.07 Å². The van der Waals surface area contributed by atoms with Crippen LogP contribution in [0.1, 0.15) is 18.4 Å². The summed E-state index contributed by atoms with van der Waals surface area (Å²) < 4.78 is 0. The summed E-state index contributed by atoms with van der Waals surface area (Å²) >= 11 is 5.89. The van der Waals surface area contributed by atoms with Crippen LogP contribution in [0.5, 0.6) is 0 Å². The van der Waals surface area contributed by atoms with Crippen molar-refractivity contribution in [2.24, 2.45) is 0 Å². The zero-order valence-electron chi connectivity index (χ0n) is 9.88. The second-order valence-corrected chi connectivity index (χ2v) is 4.92. The molecule has 1 atom stereocenters. The van der Waals surface area contributed by atoms with Gasteiger partial charge in [0.15, 0.2) is 0 Å². The maximum atomic E-state index is 11.0. The molecule has 0 bridgehead atoms. The van der Waals surface area contributed by atoms with Crippen molar-refractivity contribution < 1.29 is 10.0 Å². The van der Waals surface area contributed by atoms with Crippen molar-refractivity contribution in [3.8, 4) is 0 Å². The molecule has 0 unspecified atom stereocenters. The second-order valence-electron chi connectivity index (χ2n) is 4.48. The van der Waals surface area contributed by atoms with Gasteiger partial charge in [0.1, 0.15) is 0 Å². The standard InChI is InChI=1S/C12H15ClN2O3/c13-10-3-4-12(15(17)18)9(6-10)7-14-5-1-2-11(14)8-16/h3-4,6,11,16H,1-2,5,7-8H2/t11-/m0/s1. The number of rotatable bonds is 4. The lowest BCUT2D eigenvalue weighted by molar-refractivity contribution is -0.385. The molecule has 0 spiro atoms.